The van der Waals surface area contributed by atoms with Crippen molar-refractivity contribution in [3.63, 3.8) is 0 Å². The lowest BCUT2D eigenvalue weighted by Crippen LogP contribution is -2.32. The lowest BCUT2D eigenvalue weighted by atomic mass is 10.3. The number of hydrogen-bond acceptors (Lipinski definition) is 9. The number of hydrogen-bond donors (Lipinski definition) is 0. The molecule has 36 heavy (non-hydrogen) atoms. The van der Waals surface area contributed by atoms with Gasteiger partial charge in [0.2, 0.25) is 0 Å². The van der Waals surface area contributed by atoms with Crippen molar-refractivity contribution in [2.75, 3.05) is 41.3 Å². The quantitative estimate of drug-likeness (QED) is 0.188. The summed E-state index contributed by atoms with van der Waals surface area (Å²) < 4.78 is 162. The van der Waals surface area contributed by atoms with E-state index >= 15 is 0 Å². The SMILES string of the molecule is C=CS(=O)(=O)CCCCOCCCCS(=O)(=O)C=C.O=S(=O)(CC(F)(F)F)CS(=O)(=O)CC(F)(F)F. The van der Waals surface area contributed by atoms with Gasteiger partial charge in [-0.15, -0.1) is 0 Å². The van der Waals surface area contributed by atoms with E-state index in [0.717, 1.165) is 10.8 Å². The van der Waals surface area contributed by atoms with Crippen molar-refractivity contribution < 1.29 is 64.8 Å². The number of halogens is 6. The van der Waals surface area contributed by atoms with Crippen LogP contribution in [-0.4, -0.2) is 87.3 Å². The normalized spacial score (nSPS) is 13.5. The molecule has 0 aliphatic heterocycles. The molecular formula is C17H28F6O9S4. The molecule has 0 saturated heterocycles. The van der Waals surface area contributed by atoms with Crippen LogP contribution in [0.2, 0.25) is 0 Å². The maximum Gasteiger partial charge on any atom is 0.402 e. The van der Waals surface area contributed by atoms with Crippen molar-refractivity contribution in [3.8, 4) is 0 Å². The zero-order valence-corrected chi connectivity index (χ0v) is 22.2. The summed E-state index contributed by atoms with van der Waals surface area (Å²) in [4.78, 5) is 0. The fraction of sp³-hybridized carbons (Fsp3) is 0.765. The van der Waals surface area contributed by atoms with Crippen LogP contribution in [0, 0.1) is 0 Å². The second-order valence-corrected chi connectivity index (χ2v) is 15.8. The molecule has 0 saturated carbocycles. The Hall–Kier alpha value is -1.18. The first-order valence-corrected chi connectivity index (χ1v) is 16.8. The van der Waals surface area contributed by atoms with E-state index < -0.39 is 68.3 Å². The van der Waals surface area contributed by atoms with Gasteiger partial charge in [0.15, 0.2) is 44.4 Å². The minimum atomic E-state index is -5.20. The molecule has 0 aliphatic carbocycles. The first kappa shape index (κ1) is 37.0. The lowest BCUT2D eigenvalue weighted by molar-refractivity contribution is -0.107. The Morgan fingerprint density at radius 1 is 0.583 bits per heavy atom. The molecule has 9 nitrogen and oxygen atoms in total. The van der Waals surface area contributed by atoms with Gasteiger partial charge in [-0.25, -0.2) is 33.7 Å². The molecule has 0 fully saturated rings. The fourth-order valence-electron chi connectivity index (χ4n) is 2.14. The highest BCUT2D eigenvalue weighted by Crippen LogP contribution is 2.21. The van der Waals surface area contributed by atoms with E-state index in [1.54, 1.807) is 0 Å². The summed E-state index contributed by atoms with van der Waals surface area (Å²) >= 11 is 0. The highest BCUT2D eigenvalue weighted by Gasteiger charge is 2.41. The monoisotopic (exact) mass is 618 g/mol. The van der Waals surface area contributed by atoms with Gasteiger partial charge in [0.1, 0.15) is 11.5 Å². The number of sulfone groups is 4. The molecule has 0 aliphatic rings. The molecule has 0 amide bonds. The highest BCUT2D eigenvalue weighted by atomic mass is 32.3. The number of unbranched alkanes of at least 4 members (excludes halogenated alkanes) is 2. The van der Waals surface area contributed by atoms with Gasteiger partial charge >= 0.3 is 12.4 Å². The number of ether oxygens (including phenoxy) is 1. The minimum absolute atomic E-state index is 0.0947. The Morgan fingerprint density at radius 2 is 0.889 bits per heavy atom. The van der Waals surface area contributed by atoms with Crippen LogP contribution in [0.4, 0.5) is 26.3 Å². The van der Waals surface area contributed by atoms with E-state index in [-0.39, 0.29) is 11.5 Å². The Labute approximate surface area is 207 Å². The van der Waals surface area contributed by atoms with Gasteiger partial charge in [0, 0.05) is 24.0 Å². The van der Waals surface area contributed by atoms with Crippen molar-refractivity contribution in [2.24, 2.45) is 0 Å². The zero-order chi connectivity index (χ0) is 28.9. The fourth-order valence-corrected chi connectivity index (χ4v) is 7.54. The van der Waals surface area contributed by atoms with E-state index in [9.17, 15) is 60.0 Å². The topological polar surface area (TPSA) is 146 Å². The summed E-state index contributed by atoms with van der Waals surface area (Å²) in [7, 11) is -16.6. The van der Waals surface area contributed by atoms with Crippen molar-refractivity contribution >= 4 is 39.3 Å². The summed E-state index contributed by atoms with van der Waals surface area (Å²) in [5.41, 5.74) is 0. The second kappa shape index (κ2) is 15.3. The van der Waals surface area contributed by atoms with E-state index in [1.165, 1.54) is 0 Å². The van der Waals surface area contributed by atoms with Crippen molar-refractivity contribution in [2.45, 2.75) is 38.0 Å². The first-order valence-electron chi connectivity index (χ1n) is 9.77. The summed E-state index contributed by atoms with van der Waals surface area (Å²) in [5.74, 6) is -4.76. The Kier molecular flexibility index (Phi) is 15.7. The van der Waals surface area contributed by atoms with Crippen LogP contribution in [0.3, 0.4) is 0 Å². The average Bonchev–Trinajstić information content (AvgIpc) is 2.62. The van der Waals surface area contributed by atoms with Gasteiger partial charge in [-0.05, 0) is 25.7 Å². The number of rotatable bonds is 16. The number of alkyl halides is 6. The van der Waals surface area contributed by atoms with Gasteiger partial charge in [-0.1, -0.05) is 13.2 Å². The molecule has 0 rings (SSSR count). The summed E-state index contributed by atoms with van der Waals surface area (Å²) in [5, 5.41) is -0.249. The molecule has 0 atom stereocenters. The molecule has 0 aromatic heterocycles. The van der Waals surface area contributed by atoms with Gasteiger partial charge in [0.05, 0.1) is 11.5 Å². The van der Waals surface area contributed by atoms with Crippen LogP contribution in [-0.2, 0) is 44.1 Å². The summed E-state index contributed by atoms with van der Waals surface area (Å²) in [6, 6.07) is 0. The second-order valence-electron chi connectivity index (χ2n) is 7.22. The average molecular weight is 619 g/mol. The van der Waals surface area contributed by atoms with Gasteiger partial charge < -0.3 is 4.74 Å². The van der Waals surface area contributed by atoms with E-state index in [2.05, 4.69) is 13.2 Å². The molecule has 0 radical (unpaired) electrons. The van der Waals surface area contributed by atoms with Gasteiger partial charge in [-0.2, -0.15) is 26.3 Å². The van der Waals surface area contributed by atoms with Crippen LogP contribution in [0.15, 0.2) is 24.0 Å². The van der Waals surface area contributed by atoms with Crippen molar-refractivity contribution in [3.05, 3.63) is 24.0 Å². The largest absolute Gasteiger partial charge is 0.402 e. The third-order valence-corrected chi connectivity index (χ3v) is 10.7. The maximum atomic E-state index is 11.7. The first-order chi connectivity index (χ1) is 15.9. The Balaban J connectivity index is 0. The zero-order valence-electron chi connectivity index (χ0n) is 18.9. The molecule has 0 bridgehead atoms. The van der Waals surface area contributed by atoms with Crippen molar-refractivity contribution in [1.29, 1.82) is 0 Å². The van der Waals surface area contributed by atoms with Crippen LogP contribution >= 0.6 is 0 Å². The summed E-state index contributed by atoms with van der Waals surface area (Å²) in [6.07, 6.45) is -7.99. The molecule has 0 unspecified atom stereocenters. The Bertz CT molecular complexity index is 1020. The minimum Gasteiger partial charge on any atom is -0.381 e. The molecule has 0 aromatic carbocycles. The molecule has 0 spiro atoms. The highest BCUT2D eigenvalue weighted by molar-refractivity contribution is 8.08. The van der Waals surface area contributed by atoms with Crippen LogP contribution in [0.5, 0.6) is 0 Å². The smallest absolute Gasteiger partial charge is 0.381 e. The molecule has 19 heteroatoms. The third kappa shape index (κ3) is 24.5. The molecule has 0 N–H and O–H groups in total. The van der Waals surface area contributed by atoms with Crippen LogP contribution < -0.4 is 0 Å². The predicted octanol–water partition coefficient (Wildman–Crippen LogP) is 2.58. The molecule has 216 valence electrons. The van der Waals surface area contributed by atoms with E-state index in [4.69, 9.17) is 4.74 Å². The summed E-state index contributed by atoms with van der Waals surface area (Å²) in [6.45, 7) is 7.44. The Morgan fingerprint density at radius 3 is 1.14 bits per heavy atom. The predicted molar refractivity (Wildman–Crippen MR) is 122 cm³/mol. The van der Waals surface area contributed by atoms with Crippen molar-refractivity contribution in [1.82, 2.24) is 0 Å². The molecule has 0 aromatic rings. The molecule has 0 heterocycles. The lowest BCUT2D eigenvalue weighted by Gasteiger charge is -2.09. The van der Waals surface area contributed by atoms with E-state index in [1.807, 2.05) is 0 Å². The van der Waals surface area contributed by atoms with Gasteiger partial charge in [0.25, 0.3) is 0 Å². The third-order valence-electron chi connectivity index (χ3n) is 3.57. The standard InChI is InChI=1S/C12H22O5S2.C5H6F6O4S2/c1-3-18(13,14)11-7-5-9-17-10-6-8-12-19(15,16)4-2;6-4(7,8)1-16(12,13)3-17(14,15)2-5(9,10)11/h3-4H,1-2,5-12H2;1-3H2. The van der Waals surface area contributed by atoms with Crippen LogP contribution in [0.25, 0.3) is 0 Å². The van der Waals surface area contributed by atoms with Crippen LogP contribution in [0.1, 0.15) is 25.7 Å². The maximum absolute atomic E-state index is 11.7. The van der Waals surface area contributed by atoms with E-state index in [0.29, 0.717) is 38.9 Å². The molecular weight excluding hydrogens is 590 g/mol. The van der Waals surface area contributed by atoms with Gasteiger partial charge in [-0.3, -0.25) is 0 Å².